The normalized spacial score (nSPS) is 11.2. The summed E-state index contributed by atoms with van der Waals surface area (Å²) in [6.45, 7) is 2.99. The molecule has 0 aliphatic rings. The lowest BCUT2D eigenvalue weighted by Gasteiger charge is -2.06. The lowest BCUT2D eigenvalue weighted by Crippen LogP contribution is -2.07. The Bertz CT molecular complexity index is 1160. The van der Waals surface area contributed by atoms with Gasteiger partial charge in [0.15, 0.2) is 0 Å². The fourth-order valence-corrected chi connectivity index (χ4v) is 3.82. The molecule has 0 saturated heterocycles. The van der Waals surface area contributed by atoms with Gasteiger partial charge in [0, 0.05) is 23.6 Å². The molecule has 0 spiro atoms. The summed E-state index contributed by atoms with van der Waals surface area (Å²) in [6, 6.07) is 18.8. The Hall–Kier alpha value is -3.45. The van der Waals surface area contributed by atoms with E-state index in [1.807, 2.05) is 17.5 Å². The minimum absolute atomic E-state index is 0.171. The van der Waals surface area contributed by atoms with Crippen molar-refractivity contribution in [2.24, 2.45) is 5.10 Å². The average Bonchev–Trinajstić information content (AvgIpc) is 3.36. The quantitative estimate of drug-likeness (QED) is 0.256. The summed E-state index contributed by atoms with van der Waals surface area (Å²) in [5.41, 5.74) is 7.03. The monoisotopic (exact) mass is 418 g/mol. The number of nitrogens with one attached hydrogen (secondary N) is 1. The van der Waals surface area contributed by atoms with Crippen LogP contribution >= 0.6 is 11.3 Å². The molecule has 0 saturated carbocycles. The number of hydrogen-bond donors (Lipinski definition) is 1. The molecule has 2 aromatic carbocycles. The highest BCUT2D eigenvalue weighted by molar-refractivity contribution is 7.13. The van der Waals surface area contributed by atoms with Crippen LogP contribution in [0.15, 0.2) is 71.3 Å². The Kier molecular flexibility index (Phi) is 6.20. The van der Waals surface area contributed by atoms with Crippen molar-refractivity contribution in [2.75, 3.05) is 12.0 Å². The summed E-state index contributed by atoms with van der Waals surface area (Å²) in [7, 11) is 0. The van der Waals surface area contributed by atoms with Crippen molar-refractivity contribution in [3.63, 3.8) is 0 Å². The Labute approximate surface area is 178 Å². The maximum absolute atomic E-state index is 11.5. The van der Waals surface area contributed by atoms with Crippen molar-refractivity contribution in [1.29, 1.82) is 0 Å². The molecular weight excluding hydrogens is 396 g/mol. The third-order valence-electron chi connectivity index (χ3n) is 4.55. The molecule has 0 unspecified atom stereocenters. The average molecular weight is 419 g/mol. The van der Waals surface area contributed by atoms with E-state index in [0.717, 1.165) is 17.6 Å². The van der Waals surface area contributed by atoms with Gasteiger partial charge in [0.05, 0.1) is 24.9 Å². The summed E-state index contributed by atoms with van der Waals surface area (Å²) in [5.74, 6) is -0.273. The van der Waals surface area contributed by atoms with E-state index in [0.29, 0.717) is 17.4 Å². The number of carbonyl (C=O) groups is 1. The van der Waals surface area contributed by atoms with Crippen LogP contribution in [0.5, 0.6) is 0 Å². The number of carbonyl (C=O) groups excluding carboxylic acids is 1. The van der Waals surface area contributed by atoms with Gasteiger partial charge in [-0.2, -0.15) is 5.10 Å². The number of nitrogens with zero attached hydrogens (tertiary/aromatic N) is 3. The predicted octanol–water partition coefficient (Wildman–Crippen LogP) is 4.70. The largest absolute Gasteiger partial charge is 0.466 e. The van der Waals surface area contributed by atoms with Crippen LogP contribution in [0.3, 0.4) is 0 Å². The Morgan fingerprint density at radius 3 is 2.93 bits per heavy atom. The first-order valence-corrected chi connectivity index (χ1v) is 10.6. The molecule has 6 nitrogen and oxygen atoms in total. The highest BCUT2D eigenvalue weighted by Crippen LogP contribution is 2.19. The summed E-state index contributed by atoms with van der Waals surface area (Å²) >= 11 is 1.40. The minimum Gasteiger partial charge on any atom is -0.466 e. The number of aromatic nitrogens is 2. The standard InChI is InChI=1S/C23H22N4O2S/c1-2-29-22(28)13-20-16-30-23(25-20)26-24-14-18-8-9-19-10-11-27(21(19)12-18)15-17-6-4-3-5-7-17/h3-12,14,16H,2,13,15H2,1H3,(H,25,26). The fraction of sp³-hybridized carbons (Fsp3) is 0.174. The Balaban J connectivity index is 1.42. The van der Waals surface area contributed by atoms with Gasteiger partial charge < -0.3 is 9.30 Å². The number of fused-ring (bicyclic) bond motifs is 1. The molecule has 30 heavy (non-hydrogen) atoms. The van der Waals surface area contributed by atoms with Gasteiger partial charge in [-0.05, 0) is 35.6 Å². The number of thiazole rings is 1. The van der Waals surface area contributed by atoms with Crippen molar-refractivity contribution < 1.29 is 9.53 Å². The lowest BCUT2D eigenvalue weighted by atomic mass is 10.2. The van der Waals surface area contributed by atoms with Crippen LogP contribution in [0.25, 0.3) is 10.9 Å². The molecule has 0 fully saturated rings. The van der Waals surface area contributed by atoms with Gasteiger partial charge in [-0.3, -0.25) is 10.2 Å². The second-order valence-electron chi connectivity index (χ2n) is 6.74. The predicted molar refractivity (Wildman–Crippen MR) is 121 cm³/mol. The van der Waals surface area contributed by atoms with Crippen LogP contribution < -0.4 is 5.43 Å². The molecule has 0 aliphatic heterocycles. The highest BCUT2D eigenvalue weighted by Gasteiger charge is 2.08. The zero-order chi connectivity index (χ0) is 20.8. The van der Waals surface area contributed by atoms with E-state index >= 15 is 0 Å². The van der Waals surface area contributed by atoms with Crippen LogP contribution in [0, 0.1) is 0 Å². The number of anilines is 1. The number of hydrazone groups is 1. The molecule has 0 bridgehead atoms. The van der Waals surface area contributed by atoms with Crippen molar-refractivity contribution in [3.05, 3.63) is 83.0 Å². The number of esters is 1. The second-order valence-corrected chi connectivity index (χ2v) is 7.60. The van der Waals surface area contributed by atoms with Gasteiger partial charge in [-0.25, -0.2) is 4.98 Å². The molecule has 0 atom stereocenters. The first-order chi connectivity index (χ1) is 14.7. The van der Waals surface area contributed by atoms with Crippen LogP contribution in [0.1, 0.15) is 23.7 Å². The zero-order valence-corrected chi connectivity index (χ0v) is 17.4. The molecular formula is C23H22N4O2S. The molecule has 4 aromatic rings. The minimum atomic E-state index is -0.273. The highest BCUT2D eigenvalue weighted by atomic mass is 32.1. The number of hydrogen-bond acceptors (Lipinski definition) is 6. The number of benzene rings is 2. The van der Waals surface area contributed by atoms with E-state index in [9.17, 15) is 4.79 Å². The van der Waals surface area contributed by atoms with Gasteiger partial charge in [-0.1, -0.05) is 42.5 Å². The summed E-state index contributed by atoms with van der Waals surface area (Å²) in [6.07, 6.45) is 4.05. The van der Waals surface area contributed by atoms with E-state index in [-0.39, 0.29) is 12.4 Å². The molecule has 7 heteroatoms. The second kappa shape index (κ2) is 9.37. The van der Waals surface area contributed by atoms with Crippen LogP contribution in [0.4, 0.5) is 5.13 Å². The molecule has 2 heterocycles. The molecule has 4 rings (SSSR count). The third-order valence-corrected chi connectivity index (χ3v) is 5.35. The molecule has 0 radical (unpaired) electrons. The topological polar surface area (TPSA) is 68.5 Å². The van der Waals surface area contributed by atoms with Crippen molar-refractivity contribution in [1.82, 2.24) is 9.55 Å². The molecule has 0 aliphatic carbocycles. The van der Waals surface area contributed by atoms with Gasteiger partial charge in [0.2, 0.25) is 5.13 Å². The molecule has 2 aromatic heterocycles. The van der Waals surface area contributed by atoms with E-state index in [1.165, 1.54) is 22.3 Å². The smallest absolute Gasteiger partial charge is 0.311 e. The van der Waals surface area contributed by atoms with E-state index in [2.05, 4.69) is 68.7 Å². The number of ether oxygens (including phenoxy) is 1. The van der Waals surface area contributed by atoms with Gasteiger partial charge in [0.1, 0.15) is 0 Å². The first-order valence-electron chi connectivity index (χ1n) is 9.73. The summed E-state index contributed by atoms with van der Waals surface area (Å²) in [5, 5.41) is 7.96. The maximum Gasteiger partial charge on any atom is 0.311 e. The SMILES string of the molecule is CCOC(=O)Cc1csc(NN=Cc2ccc3ccn(Cc4ccccc4)c3c2)n1. The summed E-state index contributed by atoms with van der Waals surface area (Å²) in [4.78, 5) is 15.9. The maximum atomic E-state index is 11.5. The Morgan fingerprint density at radius 2 is 2.10 bits per heavy atom. The third kappa shape index (κ3) is 4.93. The van der Waals surface area contributed by atoms with Gasteiger partial charge in [0.25, 0.3) is 0 Å². The molecule has 0 amide bonds. The van der Waals surface area contributed by atoms with Crippen LogP contribution in [0.2, 0.25) is 0 Å². The summed E-state index contributed by atoms with van der Waals surface area (Å²) < 4.78 is 7.18. The van der Waals surface area contributed by atoms with E-state index in [1.54, 1.807) is 13.1 Å². The van der Waals surface area contributed by atoms with Gasteiger partial charge in [-0.15, -0.1) is 11.3 Å². The van der Waals surface area contributed by atoms with E-state index in [4.69, 9.17) is 4.74 Å². The lowest BCUT2D eigenvalue weighted by molar-refractivity contribution is -0.142. The zero-order valence-electron chi connectivity index (χ0n) is 16.6. The van der Waals surface area contributed by atoms with Crippen LogP contribution in [-0.4, -0.2) is 28.3 Å². The molecule has 1 N–H and O–H groups in total. The van der Waals surface area contributed by atoms with Crippen molar-refractivity contribution in [3.8, 4) is 0 Å². The Morgan fingerprint density at radius 1 is 1.23 bits per heavy atom. The van der Waals surface area contributed by atoms with Crippen molar-refractivity contribution in [2.45, 2.75) is 19.9 Å². The van der Waals surface area contributed by atoms with Gasteiger partial charge >= 0.3 is 5.97 Å². The molecule has 152 valence electrons. The first kappa shape index (κ1) is 19.8. The van der Waals surface area contributed by atoms with Crippen LogP contribution in [-0.2, 0) is 22.5 Å². The fourth-order valence-electron chi connectivity index (χ4n) is 3.16. The van der Waals surface area contributed by atoms with E-state index < -0.39 is 0 Å². The van der Waals surface area contributed by atoms with Crippen molar-refractivity contribution >= 4 is 39.6 Å². The number of rotatable bonds is 8.